The zero-order valence-electron chi connectivity index (χ0n) is 30.1. The maximum Gasteiger partial charge on any atom is 0.161 e. The summed E-state index contributed by atoms with van der Waals surface area (Å²) in [6.45, 7) is 0. The Bertz CT molecular complexity index is 3370. The highest BCUT2D eigenvalue weighted by atomic mass is 15.0. The summed E-state index contributed by atoms with van der Waals surface area (Å²) in [6, 6.07) is 67.7. The molecule has 11 rings (SSSR count). The predicted molar refractivity (Wildman–Crippen MR) is 229 cm³/mol. The van der Waals surface area contributed by atoms with Gasteiger partial charge in [-0.2, -0.15) is 5.26 Å². The minimum atomic E-state index is 0.603. The molecule has 5 nitrogen and oxygen atoms in total. The number of hydrogen-bond acceptors (Lipinski definition) is 3. The van der Waals surface area contributed by atoms with Crippen molar-refractivity contribution in [3.63, 3.8) is 0 Å². The Morgan fingerprint density at radius 2 is 1.07 bits per heavy atom. The molecule has 0 N–H and O–H groups in total. The first-order valence-electron chi connectivity index (χ1n) is 18.7. The Labute approximate surface area is 322 Å². The summed E-state index contributed by atoms with van der Waals surface area (Å²) < 4.78 is 4.71. The number of para-hydroxylation sites is 2. The zero-order valence-corrected chi connectivity index (χ0v) is 30.1. The van der Waals surface area contributed by atoms with Crippen LogP contribution in [-0.2, 0) is 0 Å². The second kappa shape index (κ2) is 12.7. The summed E-state index contributed by atoms with van der Waals surface area (Å²) in [5.74, 6) is 0.665. The fraction of sp³-hybridized carbons (Fsp3) is 0. The van der Waals surface area contributed by atoms with E-state index in [0.717, 1.165) is 88.3 Å². The molecule has 3 aromatic heterocycles. The van der Waals surface area contributed by atoms with Gasteiger partial charge in [-0.3, -0.25) is 0 Å². The van der Waals surface area contributed by atoms with E-state index in [9.17, 15) is 5.26 Å². The molecule has 0 bridgehead atoms. The Morgan fingerprint density at radius 1 is 0.429 bits per heavy atom. The van der Waals surface area contributed by atoms with Gasteiger partial charge in [0.25, 0.3) is 0 Å². The first-order chi connectivity index (χ1) is 27.7. The van der Waals surface area contributed by atoms with Crippen LogP contribution >= 0.6 is 0 Å². The van der Waals surface area contributed by atoms with Gasteiger partial charge in [-0.15, -0.1) is 0 Å². The highest BCUT2D eigenvalue weighted by Crippen LogP contribution is 2.45. The summed E-state index contributed by atoms with van der Waals surface area (Å²) in [4.78, 5) is 10.5. The molecule has 3 heterocycles. The quantitative estimate of drug-likeness (QED) is 0.178. The highest BCUT2D eigenvalue weighted by Gasteiger charge is 2.24. The number of fused-ring (bicyclic) bond motifs is 8. The van der Waals surface area contributed by atoms with E-state index in [0.29, 0.717) is 11.4 Å². The summed E-state index contributed by atoms with van der Waals surface area (Å²) in [5.41, 5.74) is 13.0. The van der Waals surface area contributed by atoms with Gasteiger partial charge < -0.3 is 9.13 Å². The van der Waals surface area contributed by atoms with E-state index in [4.69, 9.17) is 9.97 Å². The number of rotatable bonds is 5. The van der Waals surface area contributed by atoms with Gasteiger partial charge in [0.15, 0.2) is 5.82 Å². The molecule has 0 spiro atoms. The van der Waals surface area contributed by atoms with E-state index < -0.39 is 0 Å². The van der Waals surface area contributed by atoms with Gasteiger partial charge in [-0.25, -0.2) is 9.97 Å². The standard InChI is InChI=1S/C51H31N5/c52-32-33-14-11-20-37(30-33)56-45-27-13-24-42(51-53-43-25-9-7-22-39(43)49(54-51)35-17-5-2-6-18-35)47(45)41-28-29-46-48(50(41)56)40-23-8-10-26-44(40)55(46)38-21-12-19-36(31-38)34-15-3-1-4-16-34/h1-31H. The fourth-order valence-electron chi connectivity index (χ4n) is 8.52. The van der Waals surface area contributed by atoms with Crippen LogP contribution in [0.15, 0.2) is 188 Å². The maximum absolute atomic E-state index is 10.1. The lowest BCUT2D eigenvalue weighted by atomic mass is 10.0. The lowest BCUT2D eigenvalue weighted by Gasteiger charge is -2.11. The molecule has 0 aliphatic carbocycles. The van der Waals surface area contributed by atoms with E-state index in [1.54, 1.807) is 0 Å². The van der Waals surface area contributed by atoms with Gasteiger partial charge in [0, 0.05) is 49.4 Å². The maximum atomic E-state index is 10.1. The molecule has 56 heavy (non-hydrogen) atoms. The molecule has 11 aromatic rings. The number of aromatic nitrogens is 4. The molecular weight excluding hydrogens is 683 g/mol. The summed E-state index contributed by atoms with van der Waals surface area (Å²) in [5, 5.41) is 15.5. The molecule has 0 fully saturated rings. The van der Waals surface area contributed by atoms with Crippen molar-refractivity contribution in [3.8, 4) is 51.2 Å². The molecule has 0 unspecified atom stereocenters. The first-order valence-corrected chi connectivity index (χ1v) is 18.7. The Kier molecular flexibility index (Phi) is 7.16. The van der Waals surface area contributed by atoms with Crippen molar-refractivity contribution in [3.05, 3.63) is 194 Å². The van der Waals surface area contributed by atoms with Crippen LogP contribution in [0.4, 0.5) is 0 Å². The van der Waals surface area contributed by atoms with Crippen LogP contribution < -0.4 is 0 Å². The Hall–Kier alpha value is -7.81. The second-order valence-corrected chi connectivity index (χ2v) is 14.1. The third-order valence-corrected chi connectivity index (χ3v) is 10.9. The molecule has 0 aliphatic rings. The SMILES string of the molecule is N#Cc1cccc(-n2c3cccc(-c4nc(-c5ccccc5)c5ccccc5n4)c3c3ccc4c(c5ccccc5n4-c4cccc(-c5ccccc5)c4)c32)c1. The molecule has 0 amide bonds. The largest absolute Gasteiger partial charge is 0.309 e. The van der Waals surface area contributed by atoms with Gasteiger partial charge >= 0.3 is 0 Å². The highest BCUT2D eigenvalue weighted by molar-refractivity contribution is 6.28. The van der Waals surface area contributed by atoms with Crippen molar-refractivity contribution in [2.75, 3.05) is 0 Å². The molecule has 260 valence electrons. The number of benzene rings is 8. The average molecular weight is 714 g/mol. The summed E-state index contributed by atoms with van der Waals surface area (Å²) in [7, 11) is 0. The smallest absolute Gasteiger partial charge is 0.161 e. The number of hydrogen-bond donors (Lipinski definition) is 0. The van der Waals surface area contributed by atoms with Crippen LogP contribution in [0, 0.1) is 11.3 Å². The third-order valence-electron chi connectivity index (χ3n) is 10.9. The summed E-state index contributed by atoms with van der Waals surface area (Å²) in [6.07, 6.45) is 0. The first kappa shape index (κ1) is 31.7. The lowest BCUT2D eigenvalue weighted by molar-refractivity contribution is 1.17. The third kappa shape index (κ3) is 4.87. The molecule has 5 heteroatoms. The van der Waals surface area contributed by atoms with Gasteiger partial charge in [-0.1, -0.05) is 133 Å². The normalized spacial score (nSPS) is 11.6. The van der Waals surface area contributed by atoms with Crippen molar-refractivity contribution in [1.29, 1.82) is 5.26 Å². The molecule has 0 radical (unpaired) electrons. The molecule has 0 aliphatic heterocycles. The van der Waals surface area contributed by atoms with Gasteiger partial charge in [-0.05, 0) is 65.7 Å². The van der Waals surface area contributed by atoms with E-state index in [2.05, 4.69) is 167 Å². The van der Waals surface area contributed by atoms with Gasteiger partial charge in [0.2, 0.25) is 0 Å². The van der Waals surface area contributed by atoms with Gasteiger partial charge in [0.1, 0.15) is 0 Å². The van der Waals surface area contributed by atoms with Crippen molar-refractivity contribution in [2.24, 2.45) is 0 Å². The van der Waals surface area contributed by atoms with Crippen LogP contribution in [0.3, 0.4) is 0 Å². The van der Waals surface area contributed by atoms with E-state index in [1.165, 1.54) is 5.56 Å². The molecule has 8 aromatic carbocycles. The van der Waals surface area contributed by atoms with Crippen molar-refractivity contribution < 1.29 is 0 Å². The number of nitriles is 1. The Morgan fingerprint density at radius 3 is 1.89 bits per heavy atom. The molecule has 0 saturated heterocycles. The van der Waals surface area contributed by atoms with Crippen molar-refractivity contribution in [2.45, 2.75) is 0 Å². The molecule has 0 saturated carbocycles. The van der Waals surface area contributed by atoms with Crippen LogP contribution in [0.2, 0.25) is 0 Å². The Balaban J connectivity index is 1.27. The lowest BCUT2D eigenvalue weighted by Crippen LogP contribution is -1.97. The predicted octanol–water partition coefficient (Wildman–Crippen LogP) is 12.7. The fourth-order valence-corrected chi connectivity index (χ4v) is 8.52. The van der Waals surface area contributed by atoms with Crippen LogP contribution in [0.1, 0.15) is 5.56 Å². The topological polar surface area (TPSA) is 59.4 Å². The molecular formula is C51H31N5. The van der Waals surface area contributed by atoms with Gasteiger partial charge in [0.05, 0.1) is 44.9 Å². The monoisotopic (exact) mass is 713 g/mol. The molecule has 0 atom stereocenters. The van der Waals surface area contributed by atoms with E-state index in [1.807, 2.05) is 36.4 Å². The zero-order chi connectivity index (χ0) is 37.2. The summed E-state index contributed by atoms with van der Waals surface area (Å²) >= 11 is 0. The second-order valence-electron chi connectivity index (χ2n) is 14.1. The van der Waals surface area contributed by atoms with E-state index >= 15 is 0 Å². The minimum Gasteiger partial charge on any atom is -0.309 e. The van der Waals surface area contributed by atoms with Crippen LogP contribution in [-0.4, -0.2) is 19.1 Å². The average Bonchev–Trinajstić information content (AvgIpc) is 3.80. The minimum absolute atomic E-state index is 0.603. The van der Waals surface area contributed by atoms with Crippen molar-refractivity contribution in [1.82, 2.24) is 19.1 Å². The van der Waals surface area contributed by atoms with Crippen molar-refractivity contribution >= 4 is 54.5 Å². The van der Waals surface area contributed by atoms with E-state index in [-0.39, 0.29) is 0 Å². The number of nitrogens with zero attached hydrogens (tertiary/aromatic N) is 5. The van der Waals surface area contributed by atoms with Crippen LogP contribution in [0.25, 0.3) is 99.7 Å². The van der Waals surface area contributed by atoms with Crippen LogP contribution in [0.5, 0.6) is 0 Å².